The Bertz CT molecular complexity index is 473. The van der Waals surface area contributed by atoms with E-state index in [9.17, 15) is 4.79 Å². The molecule has 1 N–H and O–H groups in total. The molecule has 110 valence electrons. The van der Waals surface area contributed by atoms with Crippen molar-refractivity contribution in [2.24, 2.45) is 5.92 Å². The van der Waals surface area contributed by atoms with Crippen molar-refractivity contribution >= 4 is 40.1 Å². The van der Waals surface area contributed by atoms with Crippen LogP contribution in [0, 0.1) is 9.49 Å². The van der Waals surface area contributed by atoms with E-state index in [1.165, 1.54) is 12.8 Å². The smallest absolute Gasteiger partial charge is 0.252 e. The van der Waals surface area contributed by atoms with Crippen LogP contribution in [0.25, 0.3) is 0 Å². The molecule has 1 aliphatic rings. The van der Waals surface area contributed by atoms with Crippen molar-refractivity contribution in [1.82, 2.24) is 10.2 Å². The third-order valence-corrected chi connectivity index (χ3v) is 4.89. The van der Waals surface area contributed by atoms with Gasteiger partial charge in [0.1, 0.15) is 0 Å². The number of nitrogens with one attached hydrogen (secondary N) is 1. The minimum atomic E-state index is -0.0172. The number of hydrogen-bond donors (Lipinski definition) is 1. The summed E-state index contributed by atoms with van der Waals surface area (Å²) in [6.07, 6.45) is 2.53. The van der Waals surface area contributed by atoms with Crippen molar-refractivity contribution in [3.8, 4) is 0 Å². The average Bonchev–Trinajstić information content (AvgIpc) is 2.41. The standard InChI is InChI=1S/C15H20ClIN2O/c1-11-4-7-19(8-5-11)9-6-18-15(20)13-3-2-12(16)10-14(13)17/h2-3,10-11H,4-9H2,1H3,(H,18,20). The first kappa shape index (κ1) is 16.0. The molecule has 5 heteroatoms. The molecule has 1 saturated heterocycles. The summed E-state index contributed by atoms with van der Waals surface area (Å²) >= 11 is 8.04. The third-order valence-electron chi connectivity index (χ3n) is 3.77. The second kappa shape index (κ2) is 7.61. The molecule has 0 atom stereocenters. The molecule has 0 radical (unpaired) electrons. The van der Waals surface area contributed by atoms with Crippen LogP contribution >= 0.6 is 34.2 Å². The van der Waals surface area contributed by atoms with E-state index in [-0.39, 0.29) is 5.91 Å². The van der Waals surface area contributed by atoms with Crippen LogP contribution in [0.15, 0.2) is 18.2 Å². The minimum Gasteiger partial charge on any atom is -0.351 e. The largest absolute Gasteiger partial charge is 0.351 e. The summed E-state index contributed by atoms with van der Waals surface area (Å²) in [5.74, 6) is 0.827. The van der Waals surface area contributed by atoms with Crippen molar-refractivity contribution in [2.45, 2.75) is 19.8 Å². The molecule has 0 saturated carbocycles. The second-order valence-corrected chi connectivity index (χ2v) is 7.00. The number of hydrogen-bond acceptors (Lipinski definition) is 2. The highest BCUT2D eigenvalue weighted by atomic mass is 127. The summed E-state index contributed by atoms with van der Waals surface area (Å²) in [5.41, 5.74) is 0.697. The Labute approximate surface area is 139 Å². The normalized spacial score (nSPS) is 17.1. The zero-order chi connectivity index (χ0) is 14.5. The van der Waals surface area contributed by atoms with E-state index in [4.69, 9.17) is 11.6 Å². The lowest BCUT2D eigenvalue weighted by molar-refractivity contribution is 0.0943. The molecular formula is C15H20ClIN2O. The van der Waals surface area contributed by atoms with Gasteiger partial charge >= 0.3 is 0 Å². The van der Waals surface area contributed by atoms with E-state index >= 15 is 0 Å². The maximum absolute atomic E-state index is 12.1. The fourth-order valence-corrected chi connectivity index (χ4v) is 3.50. The summed E-state index contributed by atoms with van der Waals surface area (Å²) in [5, 5.41) is 3.65. The Morgan fingerprint density at radius 1 is 1.45 bits per heavy atom. The van der Waals surface area contributed by atoms with Crippen molar-refractivity contribution < 1.29 is 4.79 Å². The summed E-state index contributed by atoms with van der Waals surface area (Å²) in [6.45, 7) is 6.24. The van der Waals surface area contributed by atoms with E-state index in [0.29, 0.717) is 17.1 Å². The highest BCUT2D eigenvalue weighted by Gasteiger charge is 2.15. The van der Waals surface area contributed by atoms with E-state index in [1.54, 1.807) is 12.1 Å². The van der Waals surface area contributed by atoms with Crippen LogP contribution < -0.4 is 5.32 Å². The molecule has 0 unspecified atom stereocenters. The Morgan fingerprint density at radius 2 is 2.15 bits per heavy atom. The lowest BCUT2D eigenvalue weighted by Gasteiger charge is -2.30. The predicted molar refractivity (Wildman–Crippen MR) is 91.3 cm³/mol. The molecule has 1 heterocycles. The van der Waals surface area contributed by atoms with Gasteiger partial charge in [0.2, 0.25) is 0 Å². The third kappa shape index (κ3) is 4.60. The number of nitrogens with zero attached hydrogens (tertiary/aromatic N) is 1. The maximum Gasteiger partial charge on any atom is 0.252 e. The first-order chi connectivity index (χ1) is 9.56. The van der Waals surface area contributed by atoms with Gasteiger partial charge in [0.25, 0.3) is 5.91 Å². The van der Waals surface area contributed by atoms with Crippen LogP contribution in [0.1, 0.15) is 30.1 Å². The average molecular weight is 407 g/mol. The quantitative estimate of drug-likeness (QED) is 0.777. The Morgan fingerprint density at radius 3 is 2.80 bits per heavy atom. The summed E-state index contributed by atoms with van der Waals surface area (Å²) in [7, 11) is 0. The number of carbonyl (C=O) groups excluding carboxylic acids is 1. The van der Waals surface area contributed by atoms with E-state index < -0.39 is 0 Å². The predicted octanol–water partition coefficient (Wildman–Crippen LogP) is 3.41. The van der Waals surface area contributed by atoms with E-state index in [2.05, 4.69) is 39.7 Å². The van der Waals surface area contributed by atoms with Crippen LogP contribution in [0.2, 0.25) is 5.02 Å². The van der Waals surface area contributed by atoms with Gasteiger partial charge in [0, 0.05) is 21.7 Å². The molecule has 1 aromatic rings. The fourth-order valence-electron chi connectivity index (χ4n) is 2.38. The number of likely N-dealkylation sites (tertiary alicyclic amines) is 1. The zero-order valence-electron chi connectivity index (χ0n) is 11.7. The number of amides is 1. The van der Waals surface area contributed by atoms with Gasteiger partial charge in [-0.15, -0.1) is 0 Å². The van der Waals surface area contributed by atoms with Gasteiger partial charge < -0.3 is 10.2 Å². The summed E-state index contributed by atoms with van der Waals surface area (Å²) in [6, 6.07) is 5.34. The van der Waals surface area contributed by atoms with Gasteiger partial charge in [-0.1, -0.05) is 18.5 Å². The highest BCUT2D eigenvalue weighted by Crippen LogP contribution is 2.18. The molecule has 1 amide bonds. The number of piperidine rings is 1. The molecule has 0 spiro atoms. The maximum atomic E-state index is 12.1. The Kier molecular flexibility index (Phi) is 6.11. The summed E-state index contributed by atoms with van der Waals surface area (Å²) < 4.78 is 0.888. The van der Waals surface area contributed by atoms with Gasteiger partial charge in [0.05, 0.1) is 5.56 Å². The van der Waals surface area contributed by atoms with Crippen molar-refractivity contribution in [3.63, 3.8) is 0 Å². The van der Waals surface area contributed by atoms with Crippen LogP contribution in [0.5, 0.6) is 0 Å². The van der Waals surface area contributed by atoms with Gasteiger partial charge in [0.15, 0.2) is 0 Å². The van der Waals surface area contributed by atoms with E-state index in [1.807, 2.05) is 6.07 Å². The molecule has 1 aromatic carbocycles. The second-order valence-electron chi connectivity index (χ2n) is 5.40. The molecule has 3 nitrogen and oxygen atoms in total. The van der Waals surface area contributed by atoms with Gasteiger partial charge in [-0.2, -0.15) is 0 Å². The fraction of sp³-hybridized carbons (Fsp3) is 0.533. The number of halogens is 2. The van der Waals surface area contributed by atoms with Crippen LogP contribution in [-0.4, -0.2) is 37.0 Å². The van der Waals surface area contributed by atoms with E-state index in [0.717, 1.165) is 29.1 Å². The first-order valence-corrected chi connectivity index (χ1v) is 8.47. The topological polar surface area (TPSA) is 32.3 Å². The molecule has 2 rings (SSSR count). The van der Waals surface area contributed by atoms with Gasteiger partial charge in [-0.05, 0) is 72.6 Å². The lowest BCUT2D eigenvalue weighted by atomic mass is 9.99. The number of rotatable bonds is 4. The lowest BCUT2D eigenvalue weighted by Crippen LogP contribution is -2.39. The molecule has 20 heavy (non-hydrogen) atoms. The molecule has 0 bridgehead atoms. The minimum absolute atomic E-state index is 0.0172. The number of benzene rings is 1. The van der Waals surface area contributed by atoms with Gasteiger partial charge in [-0.25, -0.2) is 0 Å². The summed E-state index contributed by atoms with van der Waals surface area (Å²) in [4.78, 5) is 14.5. The van der Waals surface area contributed by atoms with Crippen molar-refractivity contribution in [1.29, 1.82) is 0 Å². The molecule has 0 aromatic heterocycles. The molecule has 1 aliphatic heterocycles. The zero-order valence-corrected chi connectivity index (χ0v) is 14.6. The Hall–Kier alpha value is -0.330. The van der Waals surface area contributed by atoms with Crippen LogP contribution in [-0.2, 0) is 0 Å². The van der Waals surface area contributed by atoms with Crippen molar-refractivity contribution in [3.05, 3.63) is 32.4 Å². The monoisotopic (exact) mass is 406 g/mol. The van der Waals surface area contributed by atoms with Crippen molar-refractivity contribution in [2.75, 3.05) is 26.2 Å². The number of carbonyl (C=O) groups is 1. The SMILES string of the molecule is CC1CCN(CCNC(=O)c2ccc(Cl)cc2I)CC1. The first-order valence-electron chi connectivity index (χ1n) is 7.02. The molecular weight excluding hydrogens is 387 g/mol. The Balaban J connectivity index is 1.77. The van der Waals surface area contributed by atoms with Gasteiger partial charge in [-0.3, -0.25) is 4.79 Å². The molecule has 1 fully saturated rings. The molecule has 0 aliphatic carbocycles. The highest BCUT2D eigenvalue weighted by molar-refractivity contribution is 14.1. The van der Waals surface area contributed by atoms with Crippen LogP contribution in [0.4, 0.5) is 0 Å². The van der Waals surface area contributed by atoms with Crippen LogP contribution in [0.3, 0.4) is 0 Å².